The van der Waals surface area contributed by atoms with Gasteiger partial charge in [0, 0.05) is 16.3 Å². The summed E-state index contributed by atoms with van der Waals surface area (Å²) in [6, 6.07) is 5.11. The van der Waals surface area contributed by atoms with Gasteiger partial charge in [-0.3, -0.25) is 0 Å². The van der Waals surface area contributed by atoms with E-state index in [0.717, 1.165) is 5.69 Å². The molecule has 0 aromatic heterocycles. The van der Waals surface area contributed by atoms with Crippen LogP contribution in [-0.2, 0) is 14.3 Å². The van der Waals surface area contributed by atoms with Crippen molar-refractivity contribution in [3.05, 3.63) is 34.4 Å². The van der Waals surface area contributed by atoms with Crippen LogP contribution in [-0.4, -0.2) is 19.1 Å². The van der Waals surface area contributed by atoms with Crippen LogP contribution in [0.1, 0.15) is 12.5 Å². The second-order valence-corrected chi connectivity index (χ2v) is 4.20. The molecule has 1 N–H and O–H groups in total. The number of esters is 1. The normalized spacial score (nSPS) is 13.1. The van der Waals surface area contributed by atoms with E-state index in [4.69, 9.17) is 26.3 Å². The first-order chi connectivity index (χ1) is 9.17. The number of rotatable bonds is 3. The first kappa shape index (κ1) is 13.2. The van der Waals surface area contributed by atoms with Gasteiger partial charge in [-0.15, -0.1) is 5.26 Å². The summed E-state index contributed by atoms with van der Waals surface area (Å²) in [5.41, 5.74) is 1.60. The van der Waals surface area contributed by atoms with Gasteiger partial charge in [0.2, 0.25) is 0 Å². The lowest BCUT2D eigenvalue weighted by Gasteiger charge is -2.21. The minimum Gasteiger partial charge on any atom is -0.462 e. The number of ether oxygens (including phenoxy) is 2. The summed E-state index contributed by atoms with van der Waals surface area (Å²) in [6.07, 6.45) is 1.59. The van der Waals surface area contributed by atoms with Gasteiger partial charge in [-0.2, -0.15) is 0 Å². The summed E-state index contributed by atoms with van der Waals surface area (Å²) in [5, 5.41) is 12.3. The average Bonchev–Trinajstić information content (AvgIpc) is 2.40. The molecule has 0 saturated carbocycles. The Morgan fingerprint density at radius 2 is 2.37 bits per heavy atom. The SMILES string of the molecule is CCOC(=O)C1=C(OC#N)c2cc(Cl)ccc2NC1. The predicted octanol–water partition coefficient (Wildman–Crippen LogP) is 2.54. The van der Waals surface area contributed by atoms with E-state index >= 15 is 0 Å². The van der Waals surface area contributed by atoms with E-state index in [2.05, 4.69) is 5.32 Å². The number of carbonyl (C=O) groups is 1. The Hall–Kier alpha value is -2.19. The number of halogens is 1. The van der Waals surface area contributed by atoms with Crippen molar-refractivity contribution in [1.29, 1.82) is 5.26 Å². The fraction of sp³-hybridized carbons (Fsp3) is 0.231. The fourth-order valence-corrected chi connectivity index (χ4v) is 2.00. The van der Waals surface area contributed by atoms with Gasteiger partial charge in [0.05, 0.1) is 13.2 Å². The molecule has 2 rings (SSSR count). The van der Waals surface area contributed by atoms with Crippen molar-refractivity contribution < 1.29 is 14.3 Å². The number of carbonyl (C=O) groups excluding carboxylic acids is 1. The molecular weight excluding hydrogens is 268 g/mol. The molecule has 19 heavy (non-hydrogen) atoms. The van der Waals surface area contributed by atoms with Crippen molar-refractivity contribution in [1.82, 2.24) is 0 Å². The molecule has 0 atom stereocenters. The van der Waals surface area contributed by atoms with Gasteiger partial charge in [-0.1, -0.05) is 11.6 Å². The standard InChI is InChI=1S/C13H11ClN2O3/c1-2-18-13(17)10-6-16-11-4-3-8(14)5-9(11)12(10)19-7-15/h3-5,16H,2,6H2,1H3. The van der Waals surface area contributed by atoms with Crippen molar-refractivity contribution >= 4 is 29.0 Å². The molecule has 0 amide bonds. The van der Waals surface area contributed by atoms with E-state index in [1.54, 1.807) is 31.4 Å². The van der Waals surface area contributed by atoms with Crippen LogP contribution >= 0.6 is 11.6 Å². The smallest absolute Gasteiger partial charge is 0.339 e. The highest BCUT2D eigenvalue weighted by molar-refractivity contribution is 6.31. The number of nitrogens with one attached hydrogen (secondary N) is 1. The molecule has 1 aromatic rings. The zero-order valence-corrected chi connectivity index (χ0v) is 11.0. The lowest BCUT2D eigenvalue weighted by Crippen LogP contribution is -2.22. The Bertz CT molecular complexity index is 590. The minimum absolute atomic E-state index is 0.192. The van der Waals surface area contributed by atoms with Crippen LogP contribution in [0.4, 0.5) is 5.69 Å². The Morgan fingerprint density at radius 3 is 3.05 bits per heavy atom. The summed E-state index contributed by atoms with van der Waals surface area (Å²) in [5.74, 6) is -0.317. The molecule has 5 nitrogen and oxygen atoms in total. The van der Waals surface area contributed by atoms with Crippen LogP contribution in [0, 0.1) is 11.5 Å². The number of fused-ring (bicyclic) bond motifs is 1. The highest BCUT2D eigenvalue weighted by atomic mass is 35.5. The predicted molar refractivity (Wildman–Crippen MR) is 70.2 cm³/mol. The zero-order valence-electron chi connectivity index (χ0n) is 10.2. The van der Waals surface area contributed by atoms with Gasteiger partial charge >= 0.3 is 5.97 Å². The highest BCUT2D eigenvalue weighted by Gasteiger charge is 2.26. The van der Waals surface area contributed by atoms with Crippen LogP contribution in [0.15, 0.2) is 23.8 Å². The maximum Gasteiger partial charge on any atom is 0.339 e. The zero-order chi connectivity index (χ0) is 13.8. The van der Waals surface area contributed by atoms with Gasteiger partial charge in [0.15, 0.2) is 5.76 Å². The Kier molecular flexibility index (Phi) is 3.93. The summed E-state index contributed by atoms with van der Waals surface area (Å²) in [4.78, 5) is 11.8. The molecular formula is C13H11ClN2O3. The van der Waals surface area contributed by atoms with E-state index in [1.165, 1.54) is 0 Å². The number of nitrogens with zero attached hydrogens (tertiary/aromatic N) is 1. The van der Waals surface area contributed by atoms with E-state index in [1.807, 2.05) is 0 Å². The van der Waals surface area contributed by atoms with Crippen LogP contribution in [0.3, 0.4) is 0 Å². The van der Waals surface area contributed by atoms with Crippen LogP contribution < -0.4 is 5.32 Å². The van der Waals surface area contributed by atoms with Gasteiger partial charge in [-0.25, -0.2) is 4.79 Å². The van der Waals surface area contributed by atoms with Crippen molar-refractivity contribution in [2.75, 3.05) is 18.5 Å². The maximum atomic E-state index is 11.8. The molecule has 98 valence electrons. The van der Waals surface area contributed by atoms with Gasteiger partial charge in [0.1, 0.15) is 5.57 Å². The van der Waals surface area contributed by atoms with Crippen molar-refractivity contribution in [2.24, 2.45) is 0 Å². The minimum atomic E-state index is -0.508. The summed E-state index contributed by atoms with van der Waals surface area (Å²) in [6.45, 7) is 2.21. The number of benzene rings is 1. The Morgan fingerprint density at radius 1 is 1.58 bits per heavy atom. The van der Waals surface area contributed by atoms with Crippen LogP contribution in [0.25, 0.3) is 5.76 Å². The summed E-state index contributed by atoms with van der Waals surface area (Å²) >= 11 is 5.93. The van der Waals surface area contributed by atoms with E-state index in [0.29, 0.717) is 10.6 Å². The number of hydrogen-bond donors (Lipinski definition) is 1. The molecule has 0 saturated heterocycles. The molecule has 1 aromatic carbocycles. The molecule has 0 spiro atoms. The largest absolute Gasteiger partial charge is 0.462 e. The topological polar surface area (TPSA) is 71.3 Å². The van der Waals surface area contributed by atoms with Crippen molar-refractivity contribution in [2.45, 2.75) is 6.92 Å². The summed E-state index contributed by atoms with van der Waals surface area (Å²) in [7, 11) is 0. The van der Waals surface area contributed by atoms with Crippen LogP contribution in [0.2, 0.25) is 5.02 Å². The quantitative estimate of drug-likeness (QED) is 0.679. The average molecular weight is 279 g/mol. The molecule has 1 aliphatic rings. The molecule has 0 bridgehead atoms. The lowest BCUT2D eigenvalue weighted by atomic mass is 10.0. The third kappa shape index (κ3) is 2.64. The number of hydrogen-bond acceptors (Lipinski definition) is 5. The number of anilines is 1. The first-order valence-electron chi connectivity index (χ1n) is 5.67. The fourth-order valence-electron chi connectivity index (χ4n) is 1.83. The second-order valence-electron chi connectivity index (χ2n) is 3.76. The van der Waals surface area contributed by atoms with Gasteiger partial charge in [0.25, 0.3) is 6.26 Å². The molecule has 1 aliphatic heterocycles. The first-order valence-corrected chi connectivity index (χ1v) is 6.05. The van der Waals surface area contributed by atoms with E-state index in [9.17, 15) is 4.79 Å². The van der Waals surface area contributed by atoms with Gasteiger partial charge < -0.3 is 14.8 Å². The van der Waals surface area contributed by atoms with Crippen LogP contribution in [0.5, 0.6) is 0 Å². The molecule has 1 heterocycles. The second kappa shape index (κ2) is 5.63. The maximum absolute atomic E-state index is 11.8. The van der Waals surface area contributed by atoms with E-state index in [-0.39, 0.29) is 24.5 Å². The lowest BCUT2D eigenvalue weighted by molar-refractivity contribution is -0.138. The Labute approximate surface area is 115 Å². The third-order valence-electron chi connectivity index (χ3n) is 2.63. The number of nitriles is 1. The monoisotopic (exact) mass is 278 g/mol. The van der Waals surface area contributed by atoms with Crippen molar-refractivity contribution in [3.63, 3.8) is 0 Å². The van der Waals surface area contributed by atoms with E-state index < -0.39 is 5.97 Å². The molecule has 0 aliphatic carbocycles. The highest BCUT2D eigenvalue weighted by Crippen LogP contribution is 2.34. The molecule has 0 unspecified atom stereocenters. The summed E-state index contributed by atoms with van der Waals surface area (Å²) < 4.78 is 9.87. The molecule has 0 radical (unpaired) electrons. The Balaban J connectivity index is 2.52. The molecule has 6 heteroatoms. The van der Waals surface area contributed by atoms with Gasteiger partial charge in [-0.05, 0) is 25.1 Å². The van der Waals surface area contributed by atoms with Crippen molar-refractivity contribution in [3.8, 4) is 6.26 Å². The molecule has 0 fully saturated rings. The third-order valence-corrected chi connectivity index (χ3v) is 2.86.